The van der Waals surface area contributed by atoms with Crippen LogP contribution < -0.4 is 15.8 Å². The van der Waals surface area contributed by atoms with Crippen LogP contribution in [0.4, 0.5) is 10.6 Å². The molecule has 10 nitrogen and oxygen atoms in total. The van der Waals surface area contributed by atoms with E-state index in [0.29, 0.717) is 31.4 Å². The van der Waals surface area contributed by atoms with E-state index in [0.717, 1.165) is 53.6 Å². The SMILES string of the molecule is COC(=O)NC(O)C1CC(n2cc(-c3cccc(OCC45CCC(CC4)O5)c3)c3c(N)ncnc32)C1. The molecule has 0 radical (unpaired) electrons. The van der Waals surface area contributed by atoms with Gasteiger partial charge in [0.25, 0.3) is 0 Å². The Bertz CT molecular complexity index is 1280. The number of ether oxygens (including phenoxy) is 3. The smallest absolute Gasteiger partial charge is 0.408 e. The third-order valence-electron chi connectivity index (χ3n) is 7.99. The Kier molecular flexibility index (Phi) is 5.72. The number of aromatic nitrogens is 3. The first-order valence-corrected chi connectivity index (χ1v) is 12.5. The first-order valence-electron chi connectivity index (χ1n) is 12.5. The number of aliphatic hydroxyl groups is 1. The van der Waals surface area contributed by atoms with Crippen molar-refractivity contribution in [3.05, 3.63) is 36.8 Å². The Labute approximate surface area is 208 Å². The van der Waals surface area contributed by atoms with Gasteiger partial charge in [-0.25, -0.2) is 14.8 Å². The van der Waals surface area contributed by atoms with E-state index in [4.69, 9.17) is 15.2 Å². The topological polar surface area (TPSA) is 134 Å². The quantitative estimate of drug-likeness (QED) is 0.427. The highest BCUT2D eigenvalue weighted by molar-refractivity contribution is 6.00. The van der Waals surface area contributed by atoms with E-state index >= 15 is 0 Å². The third kappa shape index (κ3) is 4.04. The first kappa shape index (κ1) is 23.1. The van der Waals surface area contributed by atoms with Crippen LogP contribution in [0.1, 0.15) is 44.6 Å². The predicted molar refractivity (Wildman–Crippen MR) is 132 cm³/mol. The van der Waals surface area contributed by atoms with Crippen LogP contribution in [-0.4, -0.2) is 57.4 Å². The van der Waals surface area contributed by atoms with Gasteiger partial charge < -0.3 is 29.6 Å². The van der Waals surface area contributed by atoms with Crippen LogP contribution in [0, 0.1) is 5.92 Å². The zero-order valence-corrected chi connectivity index (χ0v) is 20.2. The largest absolute Gasteiger partial charge is 0.491 e. The minimum atomic E-state index is -0.956. The summed E-state index contributed by atoms with van der Waals surface area (Å²) in [5, 5.41) is 13.5. The lowest BCUT2D eigenvalue weighted by Gasteiger charge is -2.39. The molecule has 3 aliphatic rings. The minimum absolute atomic E-state index is 0.0710. The molecule has 2 aliphatic heterocycles. The fraction of sp³-hybridized carbons (Fsp3) is 0.500. The van der Waals surface area contributed by atoms with E-state index in [1.165, 1.54) is 13.4 Å². The average Bonchev–Trinajstić information content (AvgIpc) is 3.56. The van der Waals surface area contributed by atoms with Crippen molar-refractivity contribution < 1.29 is 24.1 Å². The van der Waals surface area contributed by atoms with Crippen LogP contribution in [-0.2, 0) is 9.47 Å². The van der Waals surface area contributed by atoms with Gasteiger partial charge in [0, 0.05) is 23.7 Å². The molecule has 190 valence electrons. The predicted octanol–water partition coefficient (Wildman–Crippen LogP) is 3.40. The zero-order valence-electron chi connectivity index (χ0n) is 20.2. The van der Waals surface area contributed by atoms with Gasteiger partial charge in [-0.2, -0.15) is 0 Å². The Morgan fingerprint density at radius 2 is 2.14 bits per heavy atom. The van der Waals surface area contributed by atoms with Crippen molar-refractivity contribution in [1.29, 1.82) is 0 Å². The van der Waals surface area contributed by atoms with Crippen LogP contribution in [0.3, 0.4) is 0 Å². The summed E-state index contributed by atoms with van der Waals surface area (Å²) >= 11 is 0. The second kappa shape index (κ2) is 8.94. The molecule has 2 bridgehead atoms. The van der Waals surface area contributed by atoms with Crippen LogP contribution in [0.5, 0.6) is 5.75 Å². The van der Waals surface area contributed by atoms with E-state index in [2.05, 4.69) is 30.8 Å². The molecule has 1 unspecified atom stereocenters. The van der Waals surface area contributed by atoms with Crippen LogP contribution in [0.15, 0.2) is 36.8 Å². The molecule has 0 spiro atoms. The molecule has 1 amide bonds. The Morgan fingerprint density at radius 1 is 1.33 bits per heavy atom. The molecule has 6 rings (SSSR count). The van der Waals surface area contributed by atoms with Gasteiger partial charge in [-0.3, -0.25) is 5.32 Å². The summed E-state index contributed by atoms with van der Waals surface area (Å²) in [7, 11) is 1.27. The zero-order chi connectivity index (χ0) is 24.9. The number of amides is 1. The first-order chi connectivity index (χ1) is 17.4. The summed E-state index contributed by atoms with van der Waals surface area (Å²) in [5.41, 5.74) is 8.83. The summed E-state index contributed by atoms with van der Waals surface area (Å²) in [6, 6.07) is 8.11. The van der Waals surface area contributed by atoms with Crippen molar-refractivity contribution in [2.75, 3.05) is 19.5 Å². The number of carbonyl (C=O) groups excluding carboxylic acids is 1. The molecule has 1 aliphatic carbocycles. The molecule has 1 atom stereocenters. The third-order valence-corrected chi connectivity index (χ3v) is 7.99. The van der Waals surface area contributed by atoms with Crippen molar-refractivity contribution in [3.8, 4) is 16.9 Å². The number of nitrogens with two attached hydrogens (primary N) is 1. The maximum absolute atomic E-state index is 11.4. The molecular formula is C26H31N5O5. The number of aliphatic hydroxyl groups excluding tert-OH is 1. The van der Waals surface area contributed by atoms with Crippen LogP contribution in [0.2, 0.25) is 0 Å². The van der Waals surface area contributed by atoms with Gasteiger partial charge in [-0.15, -0.1) is 0 Å². The molecule has 10 heteroatoms. The number of carbonyl (C=O) groups is 1. The standard InChI is InChI=1S/C26H31N5O5/c1-34-25(33)30-24(32)16-9-17(10-16)31-12-20(21-22(27)28-14-29-23(21)31)15-3-2-4-19(11-15)35-13-26-7-5-18(36-26)6-8-26/h2-4,11-12,14,16-18,24,32H,5-10,13H2,1H3,(H,30,33)(H2,27,28,29). The van der Waals surface area contributed by atoms with E-state index in [9.17, 15) is 9.90 Å². The number of nitrogens with one attached hydrogen (secondary N) is 1. The second-order valence-electron chi connectivity index (χ2n) is 10.2. The van der Waals surface area contributed by atoms with Crippen molar-refractivity contribution in [1.82, 2.24) is 19.9 Å². The molecule has 4 N–H and O–H groups in total. The fourth-order valence-corrected chi connectivity index (χ4v) is 5.87. The summed E-state index contributed by atoms with van der Waals surface area (Å²) < 4.78 is 19.1. The van der Waals surface area contributed by atoms with Gasteiger partial charge in [0.15, 0.2) is 0 Å². The number of hydrogen-bond acceptors (Lipinski definition) is 8. The monoisotopic (exact) mass is 493 g/mol. The lowest BCUT2D eigenvalue weighted by Crippen LogP contribution is -2.45. The Hall–Kier alpha value is -3.37. The van der Waals surface area contributed by atoms with E-state index in [1.807, 2.05) is 24.3 Å². The van der Waals surface area contributed by atoms with Crippen LogP contribution in [0.25, 0.3) is 22.2 Å². The van der Waals surface area contributed by atoms with Gasteiger partial charge in [0.05, 0.1) is 18.6 Å². The van der Waals surface area contributed by atoms with E-state index in [1.54, 1.807) is 0 Å². The molecule has 1 saturated carbocycles. The van der Waals surface area contributed by atoms with Gasteiger partial charge in [0.1, 0.15) is 42.0 Å². The summed E-state index contributed by atoms with van der Waals surface area (Å²) in [6.07, 6.45) is 8.06. The number of anilines is 1. The number of fused-ring (bicyclic) bond motifs is 3. The van der Waals surface area contributed by atoms with Crippen molar-refractivity contribution >= 4 is 22.9 Å². The highest BCUT2D eigenvalue weighted by Gasteiger charge is 2.46. The van der Waals surface area contributed by atoms with Crippen molar-refractivity contribution in [2.24, 2.45) is 5.92 Å². The normalized spacial score (nSPS) is 27.6. The van der Waals surface area contributed by atoms with E-state index < -0.39 is 12.3 Å². The molecule has 2 saturated heterocycles. The number of nitrogens with zero attached hydrogens (tertiary/aromatic N) is 3. The molecule has 4 heterocycles. The second-order valence-corrected chi connectivity index (χ2v) is 10.2. The highest BCUT2D eigenvalue weighted by Crippen LogP contribution is 2.45. The molecule has 1 aromatic carbocycles. The summed E-state index contributed by atoms with van der Waals surface area (Å²) in [5.74, 6) is 1.13. The van der Waals surface area contributed by atoms with E-state index in [-0.39, 0.29) is 17.6 Å². The highest BCUT2D eigenvalue weighted by atomic mass is 16.6. The van der Waals surface area contributed by atoms with Crippen LogP contribution >= 0.6 is 0 Å². The summed E-state index contributed by atoms with van der Waals surface area (Å²) in [6.45, 7) is 0.561. The number of alkyl carbamates (subject to hydrolysis) is 1. The lowest BCUT2D eigenvalue weighted by molar-refractivity contribution is -0.0198. The molecule has 36 heavy (non-hydrogen) atoms. The molecule has 2 aromatic heterocycles. The van der Waals surface area contributed by atoms with Gasteiger partial charge in [0.2, 0.25) is 0 Å². The maximum atomic E-state index is 11.4. The van der Waals surface area contributed by atoms with Crippen molar-refractivity contribution in [3.63, 3.8) is 0 Å². The number of rotatable bonds is 7. The number of nitrogen functional groups attached to an aromatic ring is 1. The maximum Gasteiger partial charge on any atom is 0.408 e. The Balaban J connectivity index is 1.24. The van der Waals surface area contributed by atoms with Gasteiger partial charge in [-0.05, 0) is 56.2 Å². The number of benzene rings is 1. The summed E-state index contributed by atoms with van der Waals surface area (Å²) in [4.78, 5) is 20.2. The lowest BCUT2D eigenvalue weighted by atomic mass is 9.79. The molecule has 3 fully saturated rings. The Morgan fingerprint density at radius 3 is 2.86 bits per heavy atom. The van der Waals surface area contributed by atoms with Crippen molar-refractivity contribution in [2.45, 2.75) is 62.5 Å². The number of methoxy groups -OCH3 is 1. The average molecular weight is 494 g/mol. The van der Waals surface area contributed by atoms with Gasteiger partial charge >= 0.3 is 6.09 Å². The molecular weight excluding hydrogens is 462 g/mol. The molecule has 3 aromatic rings. The fourth-order valence-electron chi connectivity index (χ4n) is 5.87. The van der Waals surface area contributed by atoms with Gasteiger partial charge in [-0.1, -0.05) is 12.1 Å². The number of hydrogen-bond donors (Lipinski definition) is 3. The minimum Gasteiger partial charge on any atom is -0.491 e.